The van der Waals surface area contributed by atoms with E-state index in [0.29, 0.717) is 19.8 Å². The lowest BCUT2D eigenvalue weighted by atomic mass is 9.93. The fourth-order valence-corrected chi connectivity index (χ4v) is 3.66. The van der Waals surface area contributed by atoms with Crippen molar-refractivity contribution >= 4 is 41.3 Å². The predicted molar refractivity (Wildman–Crippen MR) is 137 cm³/mol. The number of guanidine groups is 1. The number of nitrogens with one attached hydrogen (secondary N) is 2. The highest BCUT2D eigenvalue weighted by Crippen LogP contribution is 2.24. The lowest BCUT2D eigenvalue weighted by Crippen LogP contribution is -2.38. The SMILES string of the molecule is CN=C(NCCc1nc(C(C)(C)C)cs1)NCc1ccc(C)cc1OCCOC.I. The maximum absolute atomic E-state index is 5.86. The number of aliphatic imine (C=N–C) groups is 1. The first kappa shape index (κ1) is 26.6. The zero-order valence-corrected chi connectivity index (χ0v) is 22.0. The molecule has 0 aliphatic heterocycles. The number of methoxy groups -OCH3 is 1. The first-order chi connectivity index (χ1) is 13.8. The van der Waals surface area contributed by atoms with Crippen LogP contribution in [-0.4, -0.2) is 44.9 Å². The Morgan fingerprint density at radius 2 is 1.97 bits per heavy atom. The van der Waals surface area contributed by atoms with Crippen LogP contribution in [0.5, 0.6) is 5.75 Å². The van der Waals surface area contributed by atoms with E-state index >= 15 is 0 Å². The number of ether oxygens (including phenoxy) is 2. The molecule has 2 aromatic rings. The number of hydrogen-bond donors (Lipinski definition) is 2. The summed E-state index contributed by atoms with van der Waals surface area (Å²) in [5.74, 6) is 1.64. The summed E-state index contributed by atoms with van der Waals surface area (Å²) in [5.41, 5.74) is 3.50. The van der Waals surface area contributed by atoms with Crippen molar-refractivity contribution in [2.45, 2.75) is 46.1 Å². The van der Waals surface area contributed by atoms with Crippen molar-refractivity contribution in [2.24, 2.45) is 4.99 Å². The van der Waals surface area contributed by atoms with Gasteiger partial charge in [-0.2, -0.15) is 0 Å². The minimum atomic E-state index is 0. The zero-order valence-electron chi connectivity index (χ0n) is 18.9. The van der Waals surface area contributed by atoms with Gasteiger partial charge in [0, 0.05) is 50.0 Å². The van der Waals surface area contributed by atoms with Crippen molar-refractivity contribution in [3.63, 3.8) is 0 Å². The molecule has 0 unspecified atom stereocenters. The summed E-state index contributed by atoms with van der Waals surface area (Å²) in [6.45, 7) is 11.1. The van der Waals surface area contributed by atoms with Crippen molar-refractivity contribution in [2.75, 3.05) is 33.9 Å². The van der Waals surface area contributed by atoms with Crippen molar-refractivity contribution < 1.29 is 9.47 Å². The molecule has 0 saturated heterocycles. The maximum atomic E-state index is 5.86. The summed E-state index contributed by atoms with van der Waals surface area (Å²) in [5, 5.41) is 10.0. The smallest absolute Gasteiger partial charge is 0.191 e. The van der Waals surface area contributed by atoms with Crippen LogP contribution in [0.3, 0.4) is 0 Å². The lowest BCUT2D eigenvalue weighted by molar-refractivity contribution is 0.145. The van der Waals surface area contributed by atoms with Gasteiger partial charge in [-0.3, -0.25) is 4.99 Å². The van der Waals surface area contributed by atoms with Crippen LogP contribution in [0.25, 0.3) is 0 Å². The molecule has 2 N–H and O–H groups in total. The zero-order chi connectivity index (χ0) is 21.3. The van der Waals surface area contributed by atoms with E-state index in [2.05, 4.69) is 66.9 Å². The minimum Gasteiger partial charge on any atom is -0.491 e. The summed E-state index contributed by atoms with van der Waals surface area (Å²) in [7, 11) is 3.45. The topological polar surface area (TPSA) is 67.8 Å². The Balaban J connectivity index is 0.00000450. The van der Waals surface area contributed by atoms with Crippen LogP contribution in [0, 0.1) is 6.92 Å². The minimum absolute atomic E-state index is 0. The molecule has 0 bridgehead atoms. The first-order valence-electron chi connectivity index (χ1n) is 9.94. The van der Waals surface area contributed by atoms with Crippen LogP contribution >= 0.6 is 35.3 Å². The summed E-state index contributed by atoms with van der Waals surface area (Å²) >= 11 is 1.72. The fraction of sp³-hybridized carbons (Fsp3) is 0.545. The normalized spacial score (nSPS) is 11.7. The second-order valence-corrected chi connectivity index (χ2v) is 8.87. The summed E-state index contributed by atoms with van der Waals surface area (Å²) in [4.78, 5) is 9.06. The van der Waals surface area contributed by atoms with E-state index in [1.54, 1.807) is 25.5 Å². The highest BCUT2D eigenvalue weighted by Gasteiger charge is 2.17. The van der Waals surface area contributed by atoms with Crippen LogP contribution in [-0.2, 0) is 23.1 Å². The van der Waals surface area contributed by atoms with E-state index in [1.807, 2.05) is 0 Å². The number of aryl methyl sites for hydroxylation is 1. The summed E-state index contributed by atoms with van der Waals surface area (Å²) in [6, 6.07) is 6.23. The highest BCUT2D eigenvalue weighted by molar-refractivity contribution is 14.0. The Bertz CT molecular complexity index is 803. The lowest BCUT2D eigenvalue weighted by Gasteiger charge is -2.15. The van der Waals surface area contributed by atoms with Gasteiger partial charge >= 0.3 is 0 Å². The molecule has 0 radical (unpaired) electrons. The molecule has 1 aromatic carbocycles. The molecule has 8 heteroatoms. The van der Waals surface area contributed by atoms with Crippen LogP contribution in [0.15, 0.2) is 28.6 Å². The molecular weight excluding hydrogens is 511 g/mol. The fourth-order valence-electron chi connectivity index (χ4n) is 2.63. The van der Waals surface area contributed by atoms with Gasteiger partial charge in [-0.05, 0) is 18.6 Å². The van der Waals surface area contributed by atoms with Crippen LogP contribution < -0.4 is 15.4 Å². The third-order valence-corrected chi connectivity index (χ3v) is 5.30. The van der Waals surface area contributed by atoms with E-state index in [0.717, 1.165) is 40.9 Å². The van der Waals surface area contributed by atoms with Gasteiger partial charge in [-0.25, -0.2) is 4.98 Å². The van der Waals surface area contributed by atoms with Crippen molar-refractivity contribution in [3.8, 4) is 5.75 Å². The second kappa shape index (κ2) is 13.1. The molecule has 0 aliphatic carbocycles. The van der Waals surface area contributed by atoms with E-state index in [1.165, 1.54) is 5.56 Å². The maximum Gasteiger partial charge on any atom is 0.191 e. The van der Waals surface area contributed by atoms with Gasteiger partial charge < -0.3 is 20.1 Å². The molecule has 0 amide bonds. The van der Waals surface area contributed by atoms with Crippen LogP contribution in [0.1, 0.15) is 42.6 Å². The van der Waals surface area contributed by atoms with Gasteiger partial charge in [0.05, 0.1) is 17.3 Å². The first-order valence-corrected chi connectivity index (χ1v) is 10.8. The van der Waals surface area contributed by atoms with Crippen molar-refractivity contribution in [3.05, 3.63) is 45.4 Å². The van der Waals surface area contributed by atoms with Crippen LogP contribution in [0.2, 0.25) is 0 Å². The van der Waals surface area contributed by atoms with Gasteiger partial charge in [0.2, 0.25) is 0 Å². The molecule has 0 aliphatic rings. The quantitative estimate of drug-likeness (QED) is 0.213. The average molecular weight is 547 g/mol. The largest absolute Gasteiger partial charge is 0.491 e. The van der Waals surface area contributed by atoms with Crippen molar-refractivity contribution in [1.82, 2.24) is 15.6 Å². The Kier molecular flexibility index (Phi) is 11.6. The van der Waals surface area contributed by atoms with E-state index in [9.17, 15) is 0 Å². The molecule has 0 saturated carbocycles. The van der Waals surface area contributed by atoms with Gasteiger partial charge in [0.25, 0.3) is 0 Å². The molecule has 1 heterocycles. The molecule has 2 rings (SSSR count). The van der Waals surface area contributed by atoms with E-state index < -0.39 is 0 Å². The van der Waals surface area contributed by atoms with E-state index in [4.69, 9.17) is 14.5 Å². The second-order valence-electron chi connectivity index (χ2n) is 7.93. The molecule has 168 valence electrons. The predicted octanol–water partition coefficient (Wildman–Crippen LogP) is 4.30. The number of halogens is 1. The summed E-state index contributed by atoms with van der Waals surface area (Å²) in [6.07, 6.45) is 0.872. The number of hydrogen-bond acceptors (Lipinski definition) is 5. The molecule has 1 aromatic heterocycles. The van der Waals surface area contributed by atoms with Gasteiger partial charge in [0.1, 0.15) is 12.4 Å². The number of nitrogens with zero attached hydrogens (tertiary/aromatic N) is 2. The third-order valence-electron chi connectivity index (χ3n) is 4.39. The van der Waals surface area contributed by atoms with Gasteiger partial charge in [-0.15, -0.1) is 35.3 Å². The molecule has 6 nitrogen and oxygen atoms in total. The molecule has 0 spiro atoms. The standard InChI is InChI=1S/C22H34N4O2S.HI/c1-16-7-8-17(18(13-16)28-12-11-27-6)14-25-21(23-5)24-10-9-20-26-19(15-29-20)22(2,3)4;/h7-8,13,15H,9-12,14H2,1-6H3,(H2,23,24,25);1H. The number of benzene rings is 1. The van der Waals surface area contributed by atoms with Gasteiger partial charge in [-0.1, -0.05) is 32.9 Å². The number of rotatable bonds is 9. The number of thiazole rings is 1. The Morgan fingerprint density at radius 3 is 2.60 bits per heavy atom. The Hall–Kier alpha value is -1.39. The van der Waals surface area contributed by atoms with Crippen molar-refractivity contribution in [1.29, 1.82) is 0 Å². The third kappa shape index (κ3) is 8.77. The van der Waals surface area contributed by atoms with E-state index in [-0.39, 0.29) is 29.4 Å². The summed E-state index contributed by atoms with van der Waals surface area (Å²) < 4.78 is 10.9. The Labute approximate surface area is 201 Å². The average Bonchev–Trinajstić information content (AvgIpc) is 3.15. The monoisotopic (exact) mass is 546 g/mol. The van der Waals surface area contributed by atoms with Crippen LogP contribution in [0.4, 0.5) is 0 Å². The number of aromatic nitrogens is 1. The molecule has 0 atom stereocenters. The molecule has 30 heavy (non-hydrogen) atoms. The van der Waals surface area contributed by atoms with Gasteiger partial charge in [0.15, 0.2) is 5.96 Å². The highest BCUT2D eigenvalue weighted by atomic mass is 127. The Morgan fingerprint density at radius 1 is 1.20 bits per heavy atom. The molecular formula is C22H35IN4O2S. The molecule has 0 fully saturated rings.